The Morgan fingerprint density at radius 1 is 1.11 bits per heavy atom. The highest BCUT2D eigenvalue weighted by molar-refractivity contribution is 5.60. The Hall–Kier alpha value is -2.43. The third kappa shape index (κ3) is 5.78. The van der Waals surface area contributed by atoms with Crippen molar-refractivity contribution >= 4 is 6.08 Å². The van der Waals surface area contributed by atoms with E-state index in [0.717, 1.165) is 12.8 Å². The van der Waals surface area contributed by atoms with E-state index >= 15 is 0 Å². The first-order valence-electron chi connectivity index (χ1n) is 9.09. The lowest BCUT2D eigenvalue weighted by atomic mass is 10.0. The summed E-state index contributed by atoms with van der Waals surface area (Å²) in [5, 5.41) is 0. The third-order valence-corrected chi connectivity index (χ3v) is 4.04. The molecule has 1 aromatic carbocycles. The van der Waals surface area contributed by atoms with Crippen molar-refractivity contribution in [2.45, 2.75) is 45.1 Å². The summed E-state index contributed by atoms with van der Waals surface area (Å²) in [4.78, 5) is 0. The monoisotopic (exact) mass is 378 g/mol. The van der Waals surface area contributed by atoms with Gasteiger partial charge in [0.05, 0.1) is 6.61 Å². The molecule has 1 aliphatic heterocycles. The van der Waals surface area contributed by atoms with E-state index in [1.54, 1.807) is 0 Å². The molecular formula is C22H25F3O2. The van der Waals surface area contributed by atoms with Gasteiger partial charge in [-0.25, -0.2) is 4.39 Å². The van der Waals surface area contributed by atoms with Crippen molar-refractivity contribution < 1.29 is 22.6 Å². The van der Waals surface area contributed by atoms with Gasteiger partial charge in [0, 0.05) is 6.42 Å². The number of unbranched alkanes of at least 4 members (excludes halogenated alkanes) is 1. The molecule has 0 saturated carbocycles. The number of ether oxygens (including phenoxy) is 2. The maximum Gasteiger partial charge on any atom is 0.430 e. The van der Waals surface area contributed by atoms with Gasteiger partial charge in [0.25, 0.3) is 0 Å². The molecule has 2 nitrogen and oxygen atoms in total. The number of benzene rings is 1. The lowest BCUT2D eigenvalue weighted by Gasteiger charge is -2.27. The molecule has 0 spiro atoms. The maximum absolute atomic E-state index is 14.6. The smallest absolute Gasteiger partial charge is 0.430 e. The first-order valence-corrected chi connectivity index (χ1v) is 9.09. The summed E-state index contributed by atoms with van der Waals surface area (Å²) in [6.45, 7) is 5.71. The molecule has 27 heavy (non-hydrogen) atoms. The average Bonchev–Trinajstić information content (AvgIpc) is 2.62. The molecule has 0 aromatic heterocycles. The second-order valence-electron chi connectivity index (χ2n) is 6.15. The van der Waals surface area contributed by atoms with E-state index in [0.29, 0.717) is 19.3 Å². The fraction of sp³-hybridized carbons (Fsp3) is 0.364. The second-order valence-corrected chi connectivity index (χ2v) is 6.15. The first-order chi connectivity index (χ1) is 13.0. The molecule has 0 saturated heterocycles. The van der Waals surface area contributed by atoms with Crippen LogP contribution in [0.5, 0.6) is 5.75 Å². The zero-order chi connectivity index (χ0) is 19.7. The van der Waals surface area contributed by atoms with Crippen LogP contribution in [0.3, 0.4) is 0 Å². The standard InChI is InChI=1S/C22H25F3O2/c1-3-5-7-8-9-10-12-18-16-17-13-14-19(26-15-11-6-4-2)21(23)20(17)22(24,25)27-18/h3-4,6,8-9,13-14,16H,1,5,7,10-12,15H2,2H3/b6-4+,9-8+. The summed E-state index contributed by atoms with van der Waals surface area (Å²) in [5.74, 6) is -1.12. The fourth-order valence-electron chi connectivity index (χ4n) is 2.72. The van der Waals surface area contributed by atoms with Gasteiger partial charge >= 0.3 is 6.11 Å². The Morgan fingerprint density at radius 3 is 2.63 bits per heavy atom. The summed E-state index contributed by atoms with van der Waals surface area (Å²) in [5.41, 5.74) is -0.647. The molecule has 1 heterocycles. The molecule has 1 aromatic rings. The molecule has 0 atom stereocenters. The minimum Gasteiger partial charge on any atom is -0.490 e. The van der Waals surface area contributed by atoms with Crippen LogP contribution in [0.4, 0.5) is 13.2 Å². The van der Waals surface area contributed by atoms with E-state index in [4.69, 9.17) is 9.47 Å². The van der Waals surface area contributed by atoms with Crippen LogP contribution in [-0.2, 0) is 10.8 Å². The Bertz CT molecular complexity index is 733. The van der Waals surface area contributed by atoms with E-state index < -0.39 is 17.5 Å². The zero-order valence-corrected chi connectivity index (χ0v) is 15.5. The maximum atomic E-state index is 14.6. The van der Waals surface area contributed by atoms with Gasteiger partial charge in [-0.1, -0.05) is 36.4 Å². The molecule has 2 rings (SSSR count). The van der Waals surface area contributed by atoms with Crippen molar-refractivity contribution in [1.82, 2.24) is 0 Å². The van der Waals surface area contributed by atoms with Crippen LogP contribution in [0.1, 0.15) is 50.2 Å². The van der Waals surface area contributed by atoms with Gasteiger partial charge in [-0.05, 0) is 50.3 Å². The Kier molecular flexibility index (Phi) is 7.77. The SMILES string of the molecule is C=CCC/C=C/CCC1=Cc2ccc(OCC/C=C/C)c(F)c2C(F)(F)O1. The number of alkyl halides is 2. The van der Waals surface area contributed by atoms with Gasteiger partial charge in [-0.2, -0.15) is 8.78 Å². The van der Waals surface area contributed by atoms with Crippen LogP contribution < -0.4 is 4.74 Å². The largest absolute Gasteiger partial charge is 0.490 e. The second kappa shape index (κ2) is 10.0. The molecule has 0 N–H and O–H groups in total. The Labute approximate surface area is 158 Å². The number of fused-ring (bicyclic) bond motifs is 1. The topological polar surface area (TPSA) is 18.5 Å². The molecule has 146 valence electrons. The van der Waals surface area contributed by atoms with Gasteiger partial charge in [0.2, 0.25) is 0 Å². The highest BCUT2D eigenvalue weighted by Gasteiger charge is 2.43. The summed E-state index contributed by atoms with van der Waals surface area (Å²) < 4.78 is 53.4. The van der Waals surface area contributed by atoms with Crippen molar-refractivity contribution in [1.29, 1.82) is 0 Å². The van der Waals surface area contributed by atoms with Gasteiger partial charge in [0.1, 0.15) is 11.3 Å². The molecular weight excluding hydrogens is 353 g/mol. The minimum absolute atomic E-state index is 0.121. The normalized spacial score (nSPS) is 15.5. The van der Waals surface area contributed by atoms with Crippen LogP contribution >= 0.6 is 0 Å². The van der Waals surface area contributed by atoms with Crippen LogP contribution in [0.15, 0.2) is 54.9 Å². The summed E-state index contributed by atoms with van der Waals surface area (Å²) in [7, 11) is 0. The van der Waals surface area contributed by atoms with E-state index in [-0.39, 0.29) is 23.7 Å². The summed E-state index contributed by atoms with van der Waals surface area (Å²) in [6.07, 6.45) is 10.4. The van der Waals surface area contributed by atoms with Crippen molar-refractivity contribution in [2.75, 3.05) is 6.61 Å². The molecule has 0 radical (unpaired) electrons. The van der Waals surface area contributed by atoms with Crippen LogP contribution in [-0.4, -0.2) is 6.61 Å². The number of hydrogen-bond acceptors (Lipinski definition) is 2. The molecule has 1 aliphatic rings. The Balaban J connectivity index is 2.11. The lowest BCUT2D eigenvalue weighted by molar-refractivity contribution is -0.228. The Morgan fingerprint density at radius 2 is 1.89 bits per heavy atom. The number of halogens is 3. The van der Waals surface area contributed by atoms with Crippen LogP contribution in [0, 0.1) is 5.82 Å². The van der Waals surface area contributed by atoms with Crippen molar-refractivity contribution in [3.05, 3.63) is 71.8 Å². The quantitative estimate of drug-likeness (QED) is 0.326. The molecule has 5 heteroatoms. The van der Waals surface area contributed by atoms with Crippen LogP contribution in [0.25, 0.3) is 6.08 Å². The predicted molar refractivity (Wildman–Crippen MR) is 102 cm³/mol. The fourth-order valence-corrected chi connectivity index (χ4v) is 2.72. The van der Waals surface area contributed by atoms with E-state index in [1.807, 2.05) is 37.3 Å². The molecule has 0 aliphatic carbocycles. The van der Waals surface area contributed by atoms with Gasteiger partial charge < -0.3 is 9.47 Å². The first kappa shape index (κ1) is 20.9. The highest BCUT2D eigenvalue weighted by Crippen LogP contribution is 2.43. The summed E-state index contributed by atoms with van der Waals surface area (Å²) >= 11 is 0. The average molecular weight is 378 g/mol. The number of hydrogen-bond donors (Lipinski definition) is 0. The molecule has 0 amide bonds. The number of allylic oxidation sites excluding steroid dienone is 5. The highest BCUT2D eigenvalue weighted by atomic mass is 19.3. The van der Waals surface area contributed by atoms with E-state index in [1.165, 1.54) is 18.2 Å². The third-order valence-electron chi connectivity index (χ3n) is 4.04. The lowest BCUT2D eigenvalue weighted by Crippen LogP contribution is -2.24. The van der Waals surface area contributed by atoms with Gasteiger partial charge in [-0.15, -0.1) is 6.58 Å². The molecule has 0 bridgehead atoms. The van der Waals surface area contributed by atoms with Crippen molar-refractivity contribution in [3.63, 3.8) is 0 Å². The van der Waals surface area contributed by atoms with E-state index in [2.05, 4.69) is 6.58 Å². The minimum atomic E-state index is -3.72. The predicted octanol–water partition coefficient (Wildman–Crippen LogP) is 6.89. The van der Waals surface area contributed by atoms with Gasteiger partial charge in [-0.3, -0.25) is 0 Å². The molecule has 0 fully saturated rings. The van der Waals surface area contributed by atoms with E-state index in [9.17, 15) is 13.2 Å². The van der Waals surface area contributed by atoms with Gasteiger partial charge in [0.15, 0.2) is 11.6 Å². The summed E-state index contributed by atoms with van der Waals surface area (Å²) in [6, 6.07) is 2.83. The van der Waals surface area contributed by atoms with Crippen molar-refractivity contribution in [2.24, 2.45) is 0 Å². The molecule has 0 unspecified atom stereocenters. The number of rotatable bonds is 10. The van der Waals surface area contributed by atoms with Crippen LogP contribution in [0.2, 0.25) is 0 Å². The zero-order valence-electron chi connectivity index (χ0n) is 15.5. The van der Waals surface area contributed by atoms with Crippen molar-refractivity contribution in [3.8, 4) is 5.75 Å².